The summed E-state index contributed by atoms with van der Waals surface area (Å²) in [5.41, 5.74) is 2.69. The summed E-state index contributed by atoms with van der Waals surface area (Å²) in [5.74, 6) is 1.03. The molecule has 1 heterocycles. The van der Waals surface area contributed by atoms with Crippen molar-refractivity contribution in [3.05, 3.63) is 33.8 Å². The fourth-order valence-corrected chi connectivity index (χ4v) is 2.85. The highest BCUT2D eigenvalue weighted by molar-refractivity contribution is 9.10. The Balaban J connectivity index is 1.72. The van der Waals surface area contributed by atoms with Crippen LogP contribution < -0.4 is 0 Å². The molecule has 0 unspecified atom stereocenters. The molecule has 1 aromatic carbocycles. The lowest BCUT2D eigenvalue weighted by Gasteiger charge is -2.29. The molecule has 0 spiro atoms. The van der Waals surface area contributed by atoms with Crippen molar-refractivity contribution >= 4 is 21.8 Å². The zero-order valence-corrected chi connectivity index (χ0v) is 11.4. The first-order chi connectivity index (χ1) is 8.22. The van der Waals surface area contributed by atoms with Crippen LogP contribution in [0.1, 0.15) is 30.4 Å². The quantitative estimate of drug-likeness (QED) is 0.820. The SMILES string of the molecule is O=C(CC1CC1)N1CCc2ccc(Br)cc2C1. The number of carbonyl (C=O) groups excluding carboxylic acids is 1. The molecule has 2 aliphatic rings. The molecule has 1 fully saturated rings. The Morgan fingerprint density at radius 3 is 2.94 bits per heavy atom. The molecule has 90 valence electrons. The van der Waals surface area contributed by atoms with Gasteiger partial charge in [0.2, 0.25) is 5.91 Å². The Hall–Kier alpha value is -0.830. The molecule has 3 rings (SSSR count). The number of amides is 1. The molecule has 17 heavy (non-hydrogen) atoms. The van der Waals surface area contributed by atoms with Gasteiger partial charge in [0.05, 0.1) is 0 Å². The maximum Gasteiger partial charge on any atom is 0.223 e. The summed E-state index contributed by atoms with van der Waals surface area (Å²) in [6.07, 6.45) is 4.27. The first-order valence-electron chi connectivity index (χ1n) is 6.27. The zero-order valence-electron chi connectivity index (χ0n) is 9.79. The van der Waals surface area contributed by atoms with Gasteiger partial charge in [0, 0.05) is 24.0 Å². The lowest BCUT2D eigenvalue weighted by atomic mass is 9.99. The summed E-state index contributed by atoms with van der Waals surface area (Å²) >= 11 is 3.49. The maximum atomic E-state index is 12.1. The van der Waals surface area contributed by atoms with E-state index in [-0.39, 0.29) is 0 Å². The molecule has 0 radical (unpaired) electrons. The van der Waals surface area contributed by atoms with E-state index >= 15 is 0 Å². The van der Waals surface area contributed by atoms with Gasteiger partial charge in [0.1, 0.15) is 0 Å². The van der Waals surface area contributed by atoms with Gasteiger partial charge in [-0.25, -0.2) is 0 Å². The predicted molar refractivity (Wildman–Crippen MR) is 70.6 cm³/mol. The van der Waals surface area contributed by atoms with Crippen LogP contribution in [0.5, 0.6) is 0 Å². The van der Waals surface area contributed by atoms with Crippen LogP contribution >= 0.6 is 15.9 Å². The third kappa shape index (κ3) is 2.54. The van der Waals surface area contributed by atoms with Crippen LogP contribution in [0, 0.1) is 5.92 Å². The van der Waals surface area contributed by atoms with Crippen molar-refractivity contribution < 1.29 is 4.79 Å². The van der Waals surface area contributed by atoms with Crippen LogP contribution in [0.25, 0.3) is 0 Å². The second-order valence-electron chi connectivity index (χ2n) is 5.13. The molecule has 0 N–H and O–H groups in total. The average Bonchev–Trinajstić information content (AvgIpc) is 3.12. The van der Waals surface area contributed by atoms with Crippen LogP contribution in [0.2, 0.25) is 0 Å². The van der Waals surface area contributed by atoms with E-state index in [0.717, 1.165) is 30.4 Å². The van der Waals surface area contributed by atoms with Gasteiger partial charge < -0.3 is 4.90 Å². The average molecular weight is 294 g/mol. The highest BCUT2D eigenvalue weighted by Gasteiger charge is 2.28. The monoisotopic (exact) mass is 293 g/mol. The molecular formula is C14H16BrNO. The Labute approximate surface area is 110 Å². The number of nitrogens with zero attached hydrogens (tertiary/aromatic N) is 1. The van der Waals surface area contributed by atoms with E-state index in [1.807, 2.05) is 4.90 Å². The number of carbonyl (C=O) groups is 1. The minimum atomic E-state index is 0.345. The van der Waals surface area contributed by atoms with Crippen LogP contribution in [-0.2, 0) is 17.8 Å². The number of hydrogen-bond donors (Lipinski definition) is 0. The fraction of sp³-hybridized carbons (Fsp3) is 0.500. The van der Waals surface area contributed by atoms with E-state index in [1.165, 1.54) is 24.0 Å². The molecule has 0 atom stereocenters. The topological polar surface area (TPSA) is 20.3 Å². The number of halogens is 1. The summed E-state index contributed by atoms with van der Waals surface area (Å²) < 4.78 is 1.10. The second-order valence-corrected chi connectivity index (χ2v) is 6.04. The molecular weight excluding hydrogens is 278 g/mol. The highest BCUT2D eigenvalue weighted by Crippen LogP contribution is 2.33. The normalized spacial score (nSPS) is 19.0. The van der Waals surface area contributed by atoms with Crippen LogP contribution in [-0.4, -0.2) is 17.4 Å². The fourth-order valence-electron chi connectivity index (χ4n) is 2.44. The third-order valence-electron chi connectivity index (χ3n) is 3.69. The lowest BCUT2D eigenvalue weighted by Crippen LogP contribution is -2.36. The number of rotatable bonds is 2. The molecule has 1 saturated carbocycles. The standard InChI is InChI=1S/C14H16BrNO/c15-13-4-3-11-5-6-16(9-12(11)8-13)14(17)7-10-1-2-10/h3-4,8,10H,1-2,5-7,9H2. The minimum Gasteiger partial charge on any atom is -0.338 e. The summed E-state index contributed by atoms with van der Waals surface area (Å²) in [5, 5.41) is 0. The van der Waals surface area contributed by atoms with Gasteiger partial charge in [0.25, 0.3) is 0 Å². The zero-order chi connectivity index (χ0) is 11.8. The summed E-state index contributed by atoms with van der Waals surface area (Å²) in [7, 11) is 0. The van der Waals surface area contributed by atoms with Gasteiger partial charge in [-0.2, -0.15) is 0 Å². The number of benzene rings is 1. The lowest BCUT2D eigenvalue weighted by molar-refractivity contribution is -0.132. The van der Waals surface area contributed by atoms with Gasteiger partial charge in [0.15, 0.2) is 0 Å². The Morgan fingerprint density at radius 2 is 2.18 bits per heavy atom. The summed E-state index contributed by atoms with van der Waals surface area (Å²) in [6.45, 7) is 1.68. The van der Waals surface area contributed by atoms with E-state index in [2.05, 4.69) is 34.1 Å². The Morgan fingerprint density at radius 1 is 1.35 bits per heavy atom. The summed E-state index contributed by atoms with van der Waals surface area (Å²) in [6, 6.07) is 6.40. The van der Waals surface area contributed by atoms with Crippen LogP contribution in [0.15, 0.2) is 22.7 Å². The number of hydrogen-bond acceptors (Lipinski definition) is 1. The van der Waals surface area contributed by atoms with Gasteiger partial charge in [-0.15, -0.1) is 0 Å². The van der Waals surface area contributed by atoms with Gasteiger partial charge in [-0.1, -0.05) is 22.0 Å². The first kappa shape index (κ1) is 11.3. The van der Waals surface area contributed by atoms with Crippen molar-refractivity contribution in [2.45, 2.75) is 32.2 Å². The molecule has 1 aliphatic carbocycles. The number of fused-ring (bicyclic) bond motifs is 1. The Kier molecular flexibility index (Phi) is 2.95. The largest absolute Gasteiger partial charge is 0.338 e. The van der Waals surface area contributed by atoms with Gasteiger partial charge in [-0.3, -0.25) is 4.79 Å². The van der Waals surface area contributed by atoms with Crippen molar-refractivity contribution in [1.29, 1.82) is 0 Å². The van der Waals surface area contributed by atoms with Gasteiger partial charge >= 0.3 is 0 Å². The second kappa shape index (κ2) is 4.45. The first-order valence-corrected chi connectivity index (χ1v) is 7.07. The third-order valence-corrected chi connectivity index (χ3v) is 4.19. The predicted octanol–water partition coefficient (Wildman–Crippen LogP) is 3.13. The molecule has 2 nitrogen and oxygen atoms in total. The molecule has 0 saturated heterocycles. The van der Waals surface area contributed by atoms with Gasteiger partial charge in [-0.05, 0) is 48.4 Å². The molecule has 0 aromatic heterocycles. The molecule has 1 amide bonds. The van der Waals surface area contributed by atoms with Crippen LogP contribution in [0.4, 0.5) is 0 Å². The van der Waals surface area contributed by atoms with E-state index in [9.17, 15) is 4.79 Å². The molecule has 0 bridgehead atoms. The van der Waals surface area contributed by atoms with Crippen molar-refractivity contribution in [3.63, 3.8) is 0 Å². The van der Waals surface area contributed by atoms with E-state index < -0.39 is 0 Å². The summed E-state index contributed by atoms with van der Waals surface area (Å²) in [4.78, 5) is 14.1. The minimum absolute atomic E-state index is 0.345. The highest BCUT2D eigenvalue weighted by atomic mass is 79.9. The van der Waals surface area contributed by atoms with E-state index in [0.29, 0.717) is 11.8 Å². The Bertz CT molecular complexity index is 454. The van der Waals surface area contributed by atoms with Crippen LogP contribution in [0.3, 0.4) is 0 Å². The smallest absolute Gasteiger partial charge is 0.223 e. The van der Waals surface area contributed by atoms with Crippen molar-refractivity contribution in [3.8, 4) is 0 Å². The molecule has 3 heteroatoms. The van der Waals surface area contributed by atoms with Crippen molar-refractivity contribution in [2.75, 3.05) is 6.54 Å². The van der Waals surface area contributed by atoms with E-state index in [4.69, 9.17) is 0 Å². The van der Waals surface area contributed by atoms with E-state index in [1.54, 1.807) is 0 Å². The van der Waals surface area contributed by atoms with Crippen molar-refractivity contribution in [2.24, 2.45) is 5.92 Å². The maximum absolute atomic E-state index is 12.1. The van der Waals surface area contributed by atoms with Crippen molar-refractivity contribution in [1.82, 2.24) is 4.90 Å². The molecule has 1 aliphatic heterocycles. The molecule has 1 aromatic rings.